The third kappa shape index (κ3) is 7.61. The lowest BCUT2D eigenvalue weighted by Gasteiger charge is -2.51. The maximum Gasteiger partial charge on any atom is 0.411 e. The summed E-state index contributed by atoms with van der Waals surface area (Å²) in [7, 11) is -2.82. The number of hydrogen-bond acceptors (Lipinski definition) is 10. The summed E-state index contributed by atoms with van der Waals surface area (Å²) in [6.45, 7) is 9.18. The van der Waals surface area contributed by atoms with Crippen molar-refractivity contribution in [1.29, 1.82) is 0 Å². The van der Waals surface area contributed by atoms with Gasteiger partial charge in [0, 0.05) is 28.8 Å². The van der Waals surface area contributed by atoms with E-state index < -0.39 is 34.4 Å². The van der Waals surface area contributed by atoms with Gasteiger partial charge in [0.15, 0.2) is 28.7 Å². The Morgan fingerprint density at radius 1 is 0.883 bits per heavy atom. The molecule has 1 fully saturated rings. The van der Waals surface area contributed by atoms with Crippen molar-refractivity contribution in [2.45, 2.75) is 77.3 Å². The molecule has 60 heavy (non-hydrogen) atoms. The zero-order chi connectivity index (χ0) is 42.3. The van der Waals surface area contributed by atoms with E-state index in [0.717, 1.165) is 27.8 Å². The molecule has 0 aromatic heterocycles. The Hall–Kier alpha value is -6.47. The fourth-order valence-electron chi connectivity index (χ4n) is 8.07. The van der Waals surface area contributed by atoms with Gasteiger partial charge in [-0.25, -0.2) is 4.79 Å². The predicted molar refractivity (Wildman–Crippen MR) is 223 cm³/mol. The minimum atomic E-state index is -4.39. The SMILES string of the molecule is COc1c(C)cc2c(c1OCc1ccccc1)[C@@H]1C(=Cc3cc4c(c(C)c3OS(=O)(=O)c3ccc(C)cc3)OCO4)N(Cc3ccccc3)C(=O)[C@H](C2)N1C(=O)OC(C)C. The molecule has 3 aliphatic rings. The molecular formula is C47H46N2O10S. The van der Waals surface area contributed by atoms with E-state index in [-0.39, 0.29) is 48.5 Å². The summed E-state index contributed by atoms with van der Waals surface area (Å²) in [6, 6.07) is 27.2. The Morgan fingerprint density at radius 2 is 1.57 bits per heavy atom. The van der Waals surface area contributed by atoms with Crippen molar-refractivity contribution in [2.75, 3.05) is 13.9 Å². The van der Waals surface area contributed by atoms with Crippen LogP contribution >= 0.6 is 0 Å². The maximum absolute atomic E-state index is 15.1. The van der Waals surface area contributed by atoms with E-state index in [9.17, 15) is 13.2 Å². The van der Waals surface area contributed by atoms with Crippen molar-refractivity contribution < 1.29 is 45.9 Å². The second kappa shape index (κ2) is 16.3. The van der Waals surface area contributed by atoms with Crippen LogP contribution in [-0.4, -0.2) is 56.3 Å². The van der Waals surface area contributed by atoms with Crippen LogP contribution in [0, 0.1) is 20.8 Å². The first kappa shape index (κ1) is 40.3. The minimum absolute atomic E-state index is 0.0315. The van der Waals surface area contributed by atoms with Gasteiger partial charge >= 0.3 is 16.2 Å². The molecular weight excluding hydrogens is 785 g/mol. The molecule has 3 heterocycles. The number of ether oxygens (including phenoxy) is 5. The number of hydrogen-bond donors (Lipinski definition) is 0. The molecule has 1 saturated heterocycles. The number of nitrogens with zero attached hydrogens (tertiary/aromatic N) is 2. The van der Waals surface area contributed by atoms with Crippen LogP contribution in [0.2, 0.25) is 0 Å². The Morgan fingerprint density at radius 3 is 2.23 bits per heavy atom. The molecule has 3 aliphatic heterocycles. The highest BCUT2D eigenvalue weighted by Crippen LogP contribution is 2.53. The number of carbonyl (C=O) groups is 2. The van der Waals surface area contributed by atoms with Crippen molar-refractivity contribution in [3.8, 4) is 28.7 Å². The molecule has 0 N–H and O–H groups in total. The number of aryl methyl sites for hydroxylation is 2. The minimum Gasteiger partial charge on any atom is -0.493 e. The summed E-state index contributed by atoms with van der Waals surface area (Å²) in [6.07, 6.45) is 0.662. The molecule has 2 amide bonds. The van der Waals surface area contributed by atoms with Gasteiger partial charge in [-0.05, 0) is 81.1 Å². The molecule has 0 saturated carbocycles. The number of carbonyl (C=O) groups excluding carboxylic acids is 2. The lowest BCUT2D eigenvalue weighted by molar-refractivity contribution is -0.141. The average molecular weight is 831 g/mol. The molecule has 0 spiro atoms. The van der Waals surface area contributed by atoms with Crippen LogP contribution in [0.25, 0.3) is 6.08 Å². The number of piperazine rings is 1. The van der Waals surface area contributed by atoms with E-state index in [2.05, 4.69) is 0 Å². The van der Waals surface area contributed by atoms with E-state index in [0.29, 0.717) is 39.8 Å². The number of methoxy groups -OCH3 is 1. The molecule has 2 atom stereocenters. The fourth-order valence-corrected chi connectivity index (χ4v) is 9.07. The standard InChI is InChI=1S/C47H46N2O10S/c1-28(2)58-47(51)49-38-22-34-21-30(4)42(54-6)45(55-26-33-15-11-8-12-16-33)40(34)41(49)37(48(46(38)50)25-32-13-9-7-10-14-32)23-35-24-39-44(57-27-56-39)31(5)43(35)59-60(52,53)36-19-17-29(3)18-20-36/h7-21,23-24,28,38,41H,22,25-27H2,1-6H3/t38-,41-/m0/s1. The topological polar surface area (TPSA) is 130 Å². The quantitative estimate of drug-likeness (QED) is 0.119. The van der Waals surface area contributed by atoms with E-state index in [1.807, 2.05) is 80.6 Å². The first-order valence-corrected chi connectivity index (χ1v) is 21.1. The number of amides is 2. The summed E-state index contributed by atoms with van der Waals surface area (Å²) >= 11 is 0. The number of benzene rings is 5. The molecule has 13 heteroatoms. The average Bonchev–Trinajstić information content (AvgIpc) is 3.70. The van der Waals surface area contributed by atoms with Crippen LogP contribution in [-0.2, 0) is 39.2 Å². The highest BCUT2D eigenvalue weighted by molar-refractivity contribution is 7.87. The summed E-state index contributed by atoms with van der Waals surface area (Å²) in [4.78, 5) is 32.7. The molecule has 5 aromatic rings. The second-order valence-corrected chi connectivity index (χ2v) is 16.9. The van der Waals surface area contributed by atoms with E-state index in [1.165, 1.54) is 17.0 Å². The van der Waals surface area contributed by atoms with E-state index in [4.69, 9.17) is 27.9 Å². The zero-order valence-corrected chi connectivity index (χ0v) is 35.1. The van der Waals surface area contributed by atoms with Crippen LogP contribution in [0.1, 0.15) is 64.4 Å². The van der Waals surface area contributed by atoms with Gasteiger partial charge in [-0.15, -0.1) is 0 Å². The Bertz CT molecular complexity index is 2590. The molecule has 0 radical (unpaired) electrons. The third-order valence-corrected chi connectivity index (χ3v) is 12.1. The van der Waals surface area contributed by atoms with Crippen molar-refractivity contribution in [3.05, 3.63) is 147 Å². The largest absolute Gasteiger partial charge is 0.493 e. The van der Waals surface area contributed by atoms with Crippen molar-refractivity contribution in [1.82, 2.24) is 9.80 Å². The first-order chi connectivity index (χ1) is 28.8. The summed E-state index contributed by atoms with van der Waals surface area (Å²) in [5.41, 5.74) is 5.78. The fraction of sp³-hybridized carbons (Fsp3) is 0.277. The van der Waals surface area contributed by atoms with Crippen molar-refractivity contribution in [2.24, 2.45) is 0 Å². The van der Waals surface area contributed by atoms with Crippen LogP contribution in [0.15, 0.2) is 108 Å². The highest BCUT2D eigenvalue weighted by Gasteiger charge is 2.53. The van der Waals surface area contributed by atoms with Gasteiger partial charge < -0.3 is 32.8 Å². The molecule has 8 rings (SSSR count). The summed E-state index contributed by atoms with van der Waals surface area (Å²) in [5, 5.41) is 0. The lowest BCUT2D eigenvalue weighted by Crippen LogP contribution is -2.61. The normalized spacial score (nSPS) is 17.4. The van der Waals surface area contributed by atoms with Crippen LogP contribution in [0.3, 0.4) is 0 Å². The van der Waals surface area contributed by atoms with Gasteiger partial charge in [0.25, 0.3) is 0 Å². The van der Waals surface area contributed by atoms with Gasteiger partial charge in [0.05, 0.1) is 19.8 Å². The third-order valence-electron chi connectivity index (χ3n) is 10.8. The van der Waals surface area contributed by atoms with Gasteiger partial charge in [0.2, 0.25) is 12.7 Å². The van der Waals surface area contributed by atoms with Crippen molar-refractivity contribution in [3.63, 3.8) is 0 Å². The molecule has 310 valence electrons. The van der Waals surface area contributed by atoms with Gasteiger partial charge in [0.1, 0.15) is 23.6 Å². The summed E-state index contributed by atoms with van der Waals surface area (Å²) < 4.78 is 64.4. The van der Waals surface area contributed by atoms with Crippen LogP contribution < -0.4 is 23.1 Å². The van der Waals surface area contributed by atoms with Gasteiger partial charge in [-0.1, -0.05) is 84.4 Å². The Balaban J connectivity index is 1.40. The van der Waals surface area contributed by atoms with Crippen LogP contribution in [0.5, 0.6) is 28.7 Å². The van der Waals surface area contributed by atoms with Crippen molar-refractivity contribution >= 4 is 28.2 Å². The monoisotopic (exact) mass is 830 g/mol. The smallest absolute Gasteiger partial charge is 0.411 e. The summed E-state index contributed by atoms with van der Waals surface area (Å²) in [5.74, 6) is 1.18. The Labute approximate surface area is 350 Å². The van der Waals surface area contributed by atoms with Gasteiger partial charge in [-0.2, -0.15) is 8.42 Å². The molecule has 0 aliphatic carbocycles. The van der Waals surface area contributed by atoms with E-state index >= 15 is 4.79 Å². The highest BCUT2D eigenvalue weighted by atomic mass is 32.2. The number of fused-ring (bicyclic) bond motifs is 5. The molecule has 12 nitrogen and oxygen atoms in total. The number of rotatable bonds is 11. The molecule has 5 aromatic carbocycles. The van der Waals surface area contributed by atoms with Crippen LogP contribution in [0.4, 0.5) is 4.79 Å². The predicted octanol–water partition coefficient (Wildman–Crippen LogP) is 8.59. The van der Waals surface area contributed by atoms with Gasteiger partial charge in [-0.3, -0.25) is 9.69 Å². The maximum atomic E-state index is 15.1. The first-order valence-electron chi connectivity index (χ1n) is 19.7. The van der Waals surface area contributed by atoms with E-state index in [1.54, 1.807) is 57.1 Å². The second-order valence-electron chi connectivity index (χ2n) is 15.3. The Kier molecular flexibility index (Phi) is 10.9. The molecule has 2 bridgehead atoms. The zero-order valence-electron chi connectivity index (χ0n) is 34.3. The molecule has 0 unspecified atom stereocenters. The lowest BCUT2D eigenvalue weighted by atomic mass is 9.80.